The van der Waals surface area contributed by atoms with Crippen molar-refractivity contribution in [3.05, 3.63) is 35.4 Å². The maximum atomic E-state index is 13.4. The van der Waals surface area contributed by atoms with Crippen molar-refractivity contribution < 1.29 is 8.78 Å². The number of alkyl halides is 1. The Balaban J connectivity index is 2.34. The lowest BCUT2D eigenvalue weighted by Gasteiger charge is -2.11. The van der Waals surface area contributed by atoms with Crippen LogP contribution in [0.15, 0.2) is 18.2 Å². The van der Waals surface area contributed by atoms with Crippen LogP contribution < -0.4 is 0 Å². The van der Waals surface area contributed by atoms with Crippen LogP contribution in [0.2, 0.25) is 0 Å². The van der Waals surface area contributed by atoms with E-state index in [1.54, 1.807) is 6.07 Å². The van der Waals surface area contributed by atoms with Crippen molar-refractivity contribution in [1.82, 2.24) is 0 Å². The standard InChI is InChI=1S/C11H11BrF2/c1-11(5-7(11)6-12)9-3-2-8(13)4-10(9)14/h2-4,7H,5-6H2,1H3. The van der Waals surface area contributed by atoms with Crippen LogP contribution in [0.25, 0.3) is 0 Å². The molecule has 0 saturated heterocycles. The largest absolute Gasteiger partial charge is 0.207 e. The normalized spacial score (nSPS) is 30.4. The molecule has 2 unspecified atom stereocenters. The minimum absolute atomic E-state index is 0.0959. The molecule has 3 heteroatoms. The zero-order valence-corrected chi connectivity index (χ0v) is 9.44. The fraction of sp³-hybridized carbons (Fsp3) is 0.455. The number of benzene rings is 1. The van der Waals surface area contributed by atoms with Gasteiger partial charge in [-0.2, -0.15) is 0 Å². The van der Waals surface area contributed by atoms with Gasteiger partial charge in [0.25, 0.3) is 0 Å². The summed E-state index contributed by atoms with van der Waals surface area (Å²) in [4.78, 5) is 0. The zero-order chi connectivity index (χ0) is 10.3. The van der Waals surface area contributed by atoms with E-state index < -0.39 is 11.6 Å². The van der Waals surface area contributed by atoms with Gasteiger partial charge in [0.1, 0.15) is 11.6 Å². The zero-order valence-electron chi connectivity index (χ0n) is 7.86. The molecule has 76 valence electrons. The molecule has 1 aliphatic rings. The average molecular weight is 261 g/mol. The topological polar surface area (TPSA) is 0 Å². The Morgan fingerprint density at radius 2 is 2.21 bits per heavy atom. The molecule has 2 rings (SSSR count). The molecule has 0 nitrogen and oxygen atoms in total. The first kappa shape index (κ1) is 10.1. The summed E-state index contributed by atoms with van der Waals surface area (Å²) >= 11 is 3.39. The molecule has 0 heterocycles. The Kier molecular flexibility index (Phi) is 2.38. The van der Waals surface area contributed by atoms with Crippen LogP contribution in [0.3, 0.4) is 0 Å². The van der Waals surface area contributed by atoms with Crippen molar-refractivity contribution in [2.45, 2.75) is 18.8 Å². The predicted octanol–water partition coefficient (Wildman–Crippen LogP) is 3.64. The summed E-state index contributed by atoms with van der Waals surface area (Å²) in [5.74, 6) is -0.454. The monoisotopic (exact) mass is 260 g/mol. The minimum Gasteiger partial charge on any atom is -0.207 e. The van der Waals surface area contributed by atoms with Crippen LogP contribution in [0.5, 0.6) is 0 Å². The van der Waals surface area contributed by atoms with Crippen molar-refractivity contribution >= 4 is 15.9 Å². The van der Waals surface area contributed by atoms with E-state index in [4.69, 9.17) is 0 Å². The maximum absolute atomic E-state index is 13.4. The van der Waals surface area contributed by atoms with Crippen LogP contribution in [-0.2, 0) is 5.41 Å². The third-order valence-corrected chi connectivity index (χ3v) is 3.93. The third kappa shape index (κ3) is 1.48. The highest BCUT2D eigenvalue weighted by atomic mass is 79.9. The van der Waals surface area contributed by atoms with Gasteiger partial charge in [0.2, 0.25) is 0 Å². The lowest BCUT2D eigenvalue weighted by atomic mass is 9.95. The second-order valence-corrected chi connectivity index (χ2v) is 4.74. The van der Waals surface area contributed by atoms with Gasteiger partial charge < -0.3 is 0 Å². The lowest BCUT2D eigenvalue weighted by Crippen LogP contribution is -2.08. The minimum atomic E-state index is -0.508. The first-order chi connectivity index (χ1) is 6.58. The first-order valence-corrected chi connectivity index (χ1v) is 5.71. The van der Waals surface area contributed by atoms with Gasteiger partial charge in [-0.3, -0.25) is 0 Å². The van der Waals surface area contributed by atoms with Crippen LogP contribution in [0.4, 0.5) is 8.78 Å². The quantitative estimate of drug-likeness (QED) is 0.713. The van der Waals surface area contributed by atoms with E-state index in [1.165, 1.54) is 6.07 Å². The molecule has 0 amide bonds. The molecule has 0 bridgehead atoms. The molecule has 0 aliphatic heterocycles. The Morgan fingerprint density at radius 3 is 2.71 bits per heavy atom. The van der Waals surface area contributed by atoms with Gasteiger partial charge in [-0.1, -0.05) is 28.9 Å². The van der Waals surface area contributed by atoms with E-state index in [-0.39, 0.29) is 5.41 Å². The number of halogens is 3. The van der Waals surface area contributed by atoms with E-state index in [9.17, 15) is 8.78 Å². The van der Waals surface area contributed by atoms with Gasteiger partial charge in [-0.25, -0.2) is 8.78 Å². The summed E-state index contributed by atoms with van der Waals surface area (Å²) < 4.78 is 26.1. The Hall–Kier alpha value is -0.440. The summed E-state index contributed by atoms with van der Waals surface area (Å²) in [7, 11) is 0. The van der Waals surface area contributed by atoms with Crippen molar-refractivity contribution in [2.24, 2.45) is 5.92 Å². The molecular formula is C11H11BrF2. The maximum Gasteiger partial charge on any atom is 0.129 e. The van der Waals surface area contributed by atoms with Gasteiger partial charge in [-0.15, -0.1) is 0 Å². The van der Waals surface area contributed by atoms with Crippen molar-refractivity contribution in [3.8, 4) is 0 Å². The molecule has 0 radical (unpaired) electrons. The molecule has 2 atom stereocenters. The molecule has 1 aliphatic carbocycles. The Labute approximate surface area is 90.4 Å². The second-order valence-electron chi connectivity index (χ2n) is 4.10. The fourth-order valence-electron chi connectivity index (χ4n) is 1.96. The summed E-state index contributed by atoms with van der Waals surface area (Å²) in [6.45, 7) is 2.02. The third-order valence-electron chi connectivity index (χ3n) is 3.14. The van der Waals surface area contributed by atoms with Gasteiger partial charge >= 0.3 is 0 Å². The van der Waals surface area contributed by atoms with Crippen molar-refractivity contribution in [3.63, 3.8) is 0 Å². The smallest absolute Gasteiger partial charge is 0.129 e. The predicted molar refractivity (Wildman–Crippen MR) is 55.6 cm³/mol. The van der Waals surface area contributed by atoms with Crippen LogP contribution >= 0.6 is 15.9 Å². The molecule has 1 aromatic rings. The summed E-state index contributed by atoms with van der Waals surface area (Å²) in [6, 6.07) is 3.85. The highest BCUT2D eigenvalue weighted by Gasteiger charge is 2.51. The van der Waals surface area contributed by atoms with E-state index in [2.05, 4.69) is 15.9 Å². The molecule has 1 saturated carbocycles. The number of rotatable bonds is 2. The van der Waals surface area contributed by atoms with Gasteiger partial charge in [0, 0.05) is 11.4 Å². The lowest BCUT2D eigenvalue weighted by molar-refractivity contribution is 0.549. The van der Waals surface area contributed by atoms with Crippen LogP contribution in [0.1, 0.15) is 18.9 Å². The molecule has 0 spiro atoms. The molecular weight excluding hydrogens is 250 g/mol. The molecule has 14 heavy (non-hydrogen) atoms. The van der Waals surface area contributed by atoms with Gasteiger partial charge in [0.05, 0.1) is 0 Å². The van der Waals surface area contributed by atoms with E-state index >= 15 is 0 Å². The van der Waals surface area contributed by atoms with E-state index in [0.717, 1.165) is 17.8 Å². The Morgan fingerprint density at radius 1 is 1.50 bits per heavy atom. The summed E-state index contributed by atoms with van der Waals surface area (Å²) in [5, 5.41) is 0.875. The highest BCUT2D eigenvalue weighted by Crippen LogP contribution is 2.55. The number of hydrogen-bond acceptors (Lipinski definition) is 0. The van der Waals surface area contributed by atoms with E-state index in [1.807, 2.05) is 6.92 Å². The molecule has 0 N–H and O–H groups in total. The summed E-state index contributed by atoms with van der Waals surface area (Å²) in [6.07, 6.45) is 0.973. The average Bonchev–Trinajstić information content (AvgIpc) is 2.77. The fourth-order valence-corrected chi connectivity index (χ4v) is 2.90. The van der Waals surface area contributed by atoms with Crippen LogP contribution in [0, 0.1) is 17.6 Å². The SMILES string of the molecule is CC1(c2ccc(F)cc2F)CC1CBr. The Bertz CT molecular complexity index is 364. The van der Waals surface area contributed by atoms with Crippen LogP contribution in [-0.4, -0.2) is 5.33 Å². The second kappa shape index (κ2) is 3.30. The molecule has 0 aromatic heterocycles. The molecule has 1 fully saturated rings. The number of hydrogen-bond donors (Lipinski definition) is 0. The van der Waals surface area contributed by atoms with E-state index in [0.29, 0.717) is 11.5 Å². The highest BCUT2D eigenvalue weighted by molar-refractivity contribution is 9.09. The van der Waals surface area contributed by atoms with Gasteiger partial charge in [-0.05, 0) is 29.4 Å². The first-order valence-electron chi connectivity index (χ1n) is 4.59. The van der Waals surface area contributed by atoms with Crippen molar-refractivity contribution in [1.29, 1.82) is 0 Å². The van der Waals surface area contributed by atoms with Gasteiger partial charge in [0.15, 0.2) is 0 Å². The molecule has 1 aromatic carbocycles. The summed E-state index contributed by atoms with van der Waals surface area (Å²) in [5.41, 5.74) is 0.546. The van der Waals surface area contributed by atoms with Crippen molar-refractivity contribution in [2.75, 3.05) is 5.33 Å².